The highest BCUT2D eigenvalue weighted by molar-refractivity contribution is 6.54. The van der Waals surface area contributed by atoms with Crippen LogP contribution in [0.15, 0.2) is 21.8 Å². The number of nitrogens with zero attached hydrogens (tertiary/aromatic N) is 1. The van der Waals surface area contributed by atoms with E-state index >= 15 is 0 Å². The third-order valence-corrected chi connectivity index (χ3v) is 3.25. The average molecular weight is 275 g/mol. The van der Waals surface area contributed by atoms with Crippen molar-refractivity contribution in [3.05, 3.63) is 34.8 Å². The van der Waals surface area contributed by atoms with Gasteiger partial charge in [0.1, 0.15) is 5.76 Å². The Morgan fingerprint density at radius 1 is 1.30 bits per heavy atom. The zero-order valence-corrected chi connectivity index (χ0v) is 12.2. The molecule has 1 aromatic rings. The van der Waals surface area contributed by atoms with E-state index in [1.54, 1.807) is 19.9 Å². The minimum atomic E-state index is -0.628. The maximum absolute atomic E-state index is 12.1. The number of aromatic nitrogens is 1. The van der Waals surface area contributed by atoms with Crippen LogP contribution >= 0.6 is 0 Å². The Bertz CT molecular complexity index is 647. The first kappa shape index (κ1) is 14.2. The molecule has 5 nitrogen and oxygen atoms in total. The Morgan fingerprint density at radius 3 is 2.45 bits per heavy atom. The van der Waals surface area contributed by atoms with Gasteiger partial charge >= 0.3 is 0 Å². The SMILES string of the molecule is C/C=C1/C(=O)C(=O)c2nc(C(C)C)oc2/C1=C(/C)OC. The van der Waals surface area contributed by atoms with E-state index in [-0.39, 0.29) is 11.6 Å². The molecule has 0 radical (unpaired) electrons. The van der Waals surface area contributed by atoms with Crippen molar-refractivity contribution in [1.29, 1.82) is 0 Å². The first-order valence-electron chi connectivity index (χ1n) is 6.44. The molecule has 0 spiro atoms. The largest absolute Gasteiger partial charge is 0.501 e. The van der Waals surface area contributed by atoms with Crippen molar-refractivity contribution in [2.75, 3.05) is 7.11 Å². The summed E-state index contributed by atoms with van der Waals surface area (Å²) in [4.78, 5) is 28.4. The van der Waals surface area contributed by atoms with Crippen LogP contribution in [-0.2, 0) is 9.53 Å². The maximum Gasteiger partial charge on any atom is 0.255 e. The second kappa shape index (κ2) is 5.07. The van der Waals surface area contributed by atoms with Gasteiger partial charge in [0.05, 0.1) is 12.7 Å². The van der Waals surface area contributed by atoms with Crippen LogP contribution in [0, 0.1) is 0 Å². The summed E-state index contributed by atoms with van der Waals surface area (Å²) in [5.41, 5.74) is 0.887. The Hall–Kier alpha value is -2.17. The van der Waals surface area contributed by atoms with Crippen LogP contribution in [0.3, 0.4) is 0 Å². The Morgan fingerprint density at radius 2 is 1.95 bits per heavy atom. The van der Waals surface area contributed by atoms with E-state index in [2.05, 4.69) is 4.98 Å². The number of rotatable bonds is 2. The number of fused-ring (bicyclic) bond motifs is 1. The lowest BCUT2D eigenvalue weighted by Gasteiger charge is -2.16. The number of hydrogen-bond donors (Lipinski definition) is 0. The maximum atomic E-state index is 12.1. The molecule has 0 saturated carbocycles. The first-order valence-corrected chi connectivity index (χ1v) is 6.44. The molecule has 0 aliphatic heterocycles. The fraction of sp³-hybridized carbons (Fsp3) is 0.400. The number of carbonyl (C=O) groups is 2. The Labute approximate surface area is 117 Å². The molecule has 0 fully saturated rings. The lowest BCUT2D eigenvalue weighted by molar-refractivity contribution is -0.111. The van der Waals surface area contributed by atoms with E-state index in [1.807, 2.05) is 13.8 Å². The van der Waals surface area contributed by atoms with Crippen molar-refractivity contribution >= 4 is 17.1 Å². The van der Waals surface area contributed by atoms with Crippen LogP contribution in [0.2, 0.25) is 0 Å². The number of ketones is 2. The normalized spacial score (nSPS) is 19.6. The van der Waals surface area contributed by atoms with Crippen LogP contribution in [0.5, 0.6) is 0 Å². The van der Waals surface area contributed by atoms with Gasteiger partial charge in [-0.05, 0) is 13.8 Å². The van der Waals surface area contributed by atoms with Crippen molar-refractivity contribution in [3.8, 4) is 0 Å². The molecule has 1 aliphatic rings. The number of hydrogen-bond acceptors (Lipinski definition) is 5. The lowest BCUT2D eigenvalue weighted by atomic mass is 9.88. The van der Waals surface area contributed by atoms with E-state index in [0.717, 1.165) is 0 Å². The van der Waals surface area contributed by atoms with Gasteiger partial charge in [0.25, 0.3) is 5.78 Å². The molecule has 1 aliphatic carbocycles. The molecule has 0 amide bonds. The average Bonchev–Trinajstić information content (AvgIpc) is 2.86. The van der Waals surface area contributed by atoms with Gasteiger partial charge in [-0.3, -0.25) is 9.59 Å². The highest BCUT2D eigenvalue weighted by atomic mass is 16.5. The molecule has 1 aromatic heterocycles. The topological polar surface area (TPSA) is 69.4 Å². The number of oxazole rings is 1. The number of methoxy groups -OCH3 is 1. The Kier molecular flexibility index (Phi) is 3.61. The van der Waals surface area contributed by atoms with Crippen molar-refractivity contribution in [3.63, 3.8) is 0 Å². The molecule has 106 valence electrons. The molecule has 0 bridgehead atoms. The standard InChI is InChI=1S/C15H17NO4/c1-6-9-10(8(4)19-5)14-11(13(18)12(9)17)16-15(20-14)7(2)3/h6-7H,1-5H3/b9-6+,10-8-. The second-order valence-electron chi connectivity index (χ2n) is 4.88. The van der Waals surface area contributed by atoms with E-state index in [9.17, 15) is 9.59 Å². The third-order valence-electron chi connectivity index (χ3n) is 3.25. The van der Waals surface area contributed by atoms with Crippen molar-refractivity contribution in [2.24, 2.45) is 0 Å². The van der Waals surface area contributed by atoms with Gasteiger partial charge in [-0.25, -0.2) is 4.98 Å². The quantitative estimate of drug-likeness (QED) is 0.471. The smallest absolute Gasteiger partial charge is 0.255 e. The molecule has 0 aromatic carbocycles. The number of Topliss-reactive ketones (excluding diaryl/α,β-unsaturated/α-hetero) is 2. The van der Waals surface area contributed by atoms with Crippen LogP contribution in [0.25, 0.3) is 5.57 Å². The van der Waals surface area contributed by atoms with E-state index in [4.69, 9.17) is 9.15 Å². The summed E-state index contributed by atoms with van der Waals surface area (Å²) in [5, 5.41) is 0. The summed E-state index contributed by atoms with van der Waals surface area (Å²) in [6.07, 6.45) is 1.60. The van der Waals surface area contributed by atoms with Crippen molar-refractivity contribution in [1.82, 2.24) is 4.98 Å². The number of ether oxygens (including phenoxy) is 1. The van der Waals surface area contributed by atoms with Gasteiger partial charge in [-0.1, -0.05) is 19.9 Å². The van der Waals surface area contributed by atoms with Crippen LogP contribution in [0.4, 0.5) is 0 Å². The van der Waals surface area contributed by atoms with Crippen molar-refractivity contribution in [2.45, 2.75) is 33.6 Å². The molecule has 2 rings (SSSR count). The van der Waals surface area contributed by atoms with E-state index in [1.165, 1.54) is 7.11 Å². The predicted octanol–water partition coefficient (Wildman–Crippen LogP) is 2.89. The molecule has 1 heterocycles. The zero-order chi connectivity index (χ0) is 15.0. The summed E-state index contributed by atoms with van der Waals surface area (Å²) < 4.78 is 10.9. The highest BCUT2D eigenvalue weighted by Crippen LogP contribution is 2.37. The molecule has 0 unspecified atom stereocenters. The van der Waals surface area contributed by atoms with Crippen LogP contribution in [-0.4, -0.2) is 23.7 Å². The summed E-state index contributed by atoms with van der Waals surface area (Å²) in [7, 11) is 1.51. The van der Waals surface area contributed by atoms with Crippen LogP contribution < -0.4 is 0 Å². The van der Waals surface area contributed by atoms with Gasteiger partial charge < -0.3 is 9.15 Å². The summed E-state index contributed by atoms with van der Waals surface area (Å²) >= 11 is 0. The molecule has 0 N–H and O–H groups in total. The van der Waals surface area contributed by atoms with E-state index in [0.29, 0.717) is 28.6 Å². The summed E-state index contributed by atoms with van der Waals surface area (Å²) in [6.45, 7) is 7.25. The fourth-order valence-electron chi connectivity index (χ4n) is 2.10. The van der Waals surface area contributed by atoms with Gasteiger partial charge in [-0.15, -0.1) is 0 Å². The van der Waals surface area contributed by atoms with Gasteiger partial charge in [0, 0.05) is 11.5 Å². The van der Waals surface area contributed by atoms with Crippen LogP contribution in [0.1, 0.15) is 55.8 Å². The monoisotopic (exact) mass is 275 g/mol. The number of allylic oxidation sites excluding steroid dienone is 4. The summed E-state index contributed by atoms with van der Waals surface area (Å²) in [6, 6.07) is 0. The van der Waals surface area contributed by atoms with Crippen molar-refractivity contribution < 1.29 is 18.7 Å². The fourth-order valence-corrected chi connectivity index (χ4v) is 2.10. The first-order chi connectivity index (χ1) is 9.42. The predicted molar refractivity (Wildman–Crippen MR) is 73.3 cm³/mol. The second-order valence-corrected chi connectivity index (χ2v) is 4.88. The van der Waals surface area contributed by atoms with Gasteiger partial charge in [0.2, 0.25) is 5.78 Å². The van der Waals surface area contributed by atoms with E-state index < -0.39 is 11.6 Å². The molecule has 20 heavy (non-hydrogen) atoms. The Balaban J connectivity index is 2.79. The molecule has 0 saturated heterocycles. The zero-order valence-electron chi connectivity index (χ0n) is 12.2. The van der Waals surface area contributed by atoms with Gasteiger partial charge in [-0.2, -0.15) is 0 Å². The third kappa shape index (κ3) is 1.99. The minimum absolute atomic E-state index is 0.0293. The van der Waals surface area contributed by atoms with Gasteiger partial charge in [0.15, 0.2) is 17.3 Å². The lowest BCUT2D eigenvalue weighted by Crippen LogP contribution is -2.24. The number of carbonyl (C=O) groups excluding carboxylic acids is 2. The molecule has 5 heteroatoms. The molecular formula is C15H17NO4. The molecule has 0 atom stereocenters. The highest BCUT2D eigenvalue weighted by Gasteiger charge is 2.39. The molecular weight excluding hydrogens is 258 g/mol. The summed E-state index contributed by atoms with van der Waals surface area (Å²) in [5.74, 6) is 0.111. The minimum Gasteiger partial charge on any atom is -0.501 e.